The Balaban J connectivity index is 2.19. The first-order chi connectivity index (χ1) is 13.6. The number of benzene rings is 2. The first-order valence-electron chi connectivity index (χ1n) is 9.19. The quantitative estimate of drug-likeness (QED) is 0.460. The first-order valence-corrected chi connectivity index (χ1v) is 11.0. The summed E-state index contributed by atoms with van der Waals surface area (Å²) in [5.41, 5.74) is 2.47. The Morgan fingerprint density at radius 2 is 1.59 bits per heavy atom. The molecule has 0 N–H and O–H groups in total. The lowest BCUT2D eigenvalue weighted by Crippen LogP contribution is -2.31. The molecule has 0 unspecified atom stereocenters. The van der Waals surface area contributed by atoms with E-state index < -0.39 is 22.6 Å². The lowest BCUT2D eigenvalue weighted by molar-refractivity contribution is 0.0474. The van der Waals surface area contributed by atoms with Gasteiger partial charge in [0, 0.05) is 18.7 Å². The van der Waals surface area contributed by atoms with E-state index in [-0.39, 0.29) is 34.4 Å². The van der Waals surface area contributed by atoms with Crippen molar-refractivity contribution >= 4 is 33.4 Å². The van der Waals surface area contributed by atoms with Crippen molar-refractivity contribution in [2.75, 3.05) is 19.7 Å². The van der Waals surface area contributed by atoms with Gasteiger partial charge in [-0.2, -0.15) is 4.31 Å². The van der Waals surface area contributed by atoms with Crippen LogP contribution in [0.3, 0.4) is 0 Å². The molecule has 2 rings (SSSR count). The van der Waals surface area contributed by atoms with Gasteiger partial charge in [0.1, 0.15) is 4.90 Å². The van der Waals surface area contributed by atoms with Gasteiger partial charge in [-0.3, -0.25) is 4.79 Å². The highest BCUT2D eigenvalue weighted by Gasteiger charge is 2.26. The van der Waals surface area contributed by atoms with Gasteiger partial charge in [0.15, 0.2) is 12.4 Å². The maximum Gasteiger partial charge on any atom is 0.338 e. The molecule has 2 aromatic rings. The Labute approximate surface area is 176 Å². The SMILES string of the molecule is CCN(CC)S(=O)(=O)c1cc(C(=O)OCC(=O)c2ccc(C)c(C)c2)ccc1Cl. The minimum absolute atomic E-state index is 0.00742. The molecule has 0 radical (unpaired) electrons. The summed E-state index contributed by atoms with van der Waals surface area (Å²) >= 11 is 6.07. The molecule has 8 heteroatoms. The molecule has 0 aromatic heterocycles. The summed E-state index contributed by atoms with van der Waals surface area (Å²) in [6, 6.07) is 9.12. The molecule has 6 nitrogen and oxygen atoms in total. The molecule has 29 heavy (non-hydrogen) atoms. The number of rotatable bonds is 8. The summed E-state index contributed by atoms with van der Waals surface area (Å²) in [5.74, 6) is -1.14. The van der Waals surface area contributed by atoms with Gasteiger partial charge < -0.3 is 4.74 Å². The van der Waals surface area contributed by atoms with Crippen LogP contribution in [0.15, 0.2) is 41.3 Å². The van der Waals surface area contributed by atoms with Crippen LogP contribution in [-0.4, -0.2) is 44.2 Å². The van der Waals surface area contributed by atoms with E-state index in [1.165, 1.54) is 22.5 Å². The number of esters is 1. The summed E-state index contributed by atoms with van der Waals surface area (Å²) in [6.07, 6.45) is 0. The largest absolute Gasteiger partial charge is 0.454 e. The maximum absolute atomic E-state index is 12.7. The number of aryl methyl sites for hydroxylation is 2. The van der Waals surface area contributed by atoms with Gasteiger partial charge >= 0.3 is 5.97 Å². The topological polar surface area (TPSA) is 80.8 Å². The molecule has 0 aliphatic rings. The van der Waals surface area contributed by atoms with Crippen molar-refractivity contribution in [1.82, 2.24) is 4.31 Å². The van der Waals surface area contributed by atoms with Gasteiger partial charge in [-0.05, 0) is 49.2 Å². The van der Waals surface area contributed by atoms with Gasteiger partial charge in [0.2, 0.25) is 10.0 Å². The summed E-state index contributed by atoms with van der Waals surface area (Å²) in [5, 5.41) is 0.0136. The fourth-order valence-electron chi connectivity index (χ4n) is 2.74. The van der Waals surface area contributed by atoms with E-state index in [2.05, 4.69) is 0 Å². The third-order valence-electron chi connectivity index (χ3n) is 4.65. The zero-order valence-corrected chi connectivity index (χ0v) is 18.4. The summed E-state index contributed by atoms with van der Waals surface area (Å²) in [6.45, 7) is 7.36. The highest BCUT2D eigenvalue weighted by atomic mass is 35.5. The average molecular weight is 438 g/mol. The lowest BCUT2D eigenvalue weighted by atomic mass is 10.0. The molecule has 0 saturated carbocycles. The highest BCUT2D eigenvalue weighted by Crippen LogP contribution is 2.26. The van der Waals surface area contributed by atoms with E-state index in [0.29, 0.717) is 5.56 Å². The van der Waals surface area contributed by atoms with Crippen LogP contribution in [0.2, 0.25) is 5.02 Å². The summed E-state index contributed by atoms with van der Waals surface area (Å²) < 4.78 is 31.8. The van der Waals surface area contributed by atoms with Crippen LogP contribution >= 0.6 is 11.6 Å². The normalized spacial score (nSPS) is 11.5. The minimum Gasteiger partial charge on any atom is -0.454 e. The van der Waals surface area contributed by atoms with Crippen molar-refractivity contribution in [3.05, 3.63) is 63.7 Å². The van der Waals surface area contributed by atoms with Crippen LogP contribution in [0, 0.1) is 13.8 Å². The fraction of sp³-hybridized carbons (Fsp3) is 0.333. The van der Waals surface area contributed by atoms with Crippen molar-refractivity contribution in [1.29, 1.82) is 0 Å². The fourth-order valence-corrected chi connectivity index (χ4v) is 4.70. The monoisotopic (exact) mass is 437 g/mol. The second kappa shape index (κ2) is 9.52. The Morgan fingerprint density at radius 3 is 2.17 bits per heavy atom. The smallest absolute Gasteiger partial charge is 0.338 e. The highest BCUT2D eigenvalue weighted by molar-refractivity contribution is 7.89. The number of carbonyl (C=O) groups excluding carboxylic acids is 2. The zero-order chi connectivity index (χ0) is 21.8. The van der Waals surface area contributed by atoms with Crippen molar-refractivity contribution in [3.8, 4) is 0 Å². The molecule has 0 spiro atoms. The molecular weight excluding hydrogens is 414 g/mol. The van der Waals surface area contributed by atoms with E-state index in [1.54, 1.807) is 26.0 Å². The molecule has 0 heterocycles. The molecule has 0 saturated heterocycles. The van der Waals surface area contributed by atoms with Crippen molar-refractivity contribution in [2.45, 2.75) is 32.6 Å². The van der Waals surface area contributed by atoms with Gasteiger partial charge in [-0.1, -0.05) is 37.6 Å². The molecule has 2 aromatic carbocycles. The van der Waals surface area contributed by atoms with Crippen molar-refractivity contribution in [2.24, 2.45) is 0 Å². The summed E-state index contributed by atoms with van der Waals surface area (Å²) in [4.78, 5) is 24.5. The first kappa shape index (κ1) is 23.1. The number of ketones is 1. The summed E-state index contributed by atoms with van der Waals surface area (Å²) in [7, 11) is -3.84. The van der Waals surface area contributed by atoms with Crippen LogP contribution in [0.25, 0.3) is 0 Å². The number of carbonyl (C=O) groups is 2. The minimum atomic E-state index is -3.84. The third-order valence-corrected chi connectivity index (χ3v) is 7.18. The number of sulfonamides is 1. The molecular formula is C21H24ClNO5S. The van der Waals surface area contributed by atoms with Gasteiger partial charge in [0.05, 0.1) is 10.6 Å². The van der Waals surface area contributed by atoms with Crippen LogP contribution in [0.5, 0.6) is 0 Å². The van der Waals surface area contributed by atoms with E-state index in [0.717, 1.165) is 11.1 Å². The Kier molecular flexibility index (Phi) is 7.57. The van der Waals surface area contributed by atoms with E-state index in [9.17, 15) is 18.0 Å². The average Bonchev–Trinajstić information content (AvgIpc) is 2.68. The Hall–Kier alpha value is -2.22. The van der Waals surface area contributed by atoms with E-state index >= 15 is 0 Å². The predicted molar refractivity (Wildman–Crippen MR) is 112 cm³/mol. The van der Waals surface area contributed by atoms with Crippen molar-refractivity contribution < 1.29 is 22.7 Å². The van der Waals surface area contributed by atoms with E-state index in [4.69, 9.17) is 16.3 Å². The van der Waals surface area contributed by atoms with Gasteiger partial charge in [0.25, 0.3) is 0 Å². The van der Waals surface area contributed by atoms with Crippen LogP contribution < -0.4 is 0 Å². The van der Waals surface area contributed by atoms with Crippen LogP contribution in [0.1, 0.15) is 45.7 Å². The third kappa shape index (κ3) is 5.23. The Bertz CT molecular complexity index is 1030. The van der Waals surface area contributed by atoms with Gasteiger partial charge in [-0.15, -0.1) is 0 Å². The zero-order valence-electron chi connectivity index (χ0n) is 16.9. The number of hydrogen-bond donors (Lipinski definition) is 0. The van der Waals surface area contributed by atoms with Crippen molar-refractivity contribution in [3.63, 3.8) is 0 Å². The standard InChI is InChI=1S/C21H24ClNO5S/c1-5-23(6-2)29(26,27)20-12-17(9-10-18(20)22)21(25)28-13-19(24)16-8-7-14(3)15(4)11-16/h7-12H,5-6,13H2,1-4H3. The molecule has 0 amide bonds. The number of hydrogen-bond acceptors (Lipinski definition) is 5. The number of Topliss-reactive ketones (excluding diaryl/α,β-unsaturated/α-hetero) is 1. The number of nitrogens with zero attached hydrogens (tertiary/aromatic N) is 1. The van der Waals surface area contributed by atoms with Gasteiger partial charge in [-0.25, -0.2) is 13.2 Å². The lowest BCUT2D eigenvalue weighted by Gasteiger charge is -2.19. The second-order valence-electron chi connectivity index (χ2n) is 6.53. The molecule has 0 aliphatic heterocycles. The van der Waals surface area contributed by atoms with Crippen LogP contribution in [0.4, 0.5) is 0 Å². The maximum atomic E-state index is 12.7. The van der Waals surface area contributed by atoms with E-state index in [1.807, 2.05) is 19.9 Å². The van der Waals surface area contributed by atoms with Crippen LogP contribution in [-0.2, 0) is 14.8 Å². The molecule has 0 atom stereocenters. The number of ether oxygens (including phenoxy) is 1. The predicted octanol–water partition coefficient (Wildman–Crippen LogP) is 4.03. The second-order valence-corrected chi connectivity index (χ2v) is 8.85. The molecule has 0 aliphatic carbocycles. The molecule has 0 fully saturated rings. The molecule has 0 bridgehead atoms. The Morgan fingerprint density at radius 1 is 0.966 bits per heavy atom. The molecule has 156 valence electrons. The number of halogens is 1.